The first-order valence-electron chi connectivity index (χ1n) is 5.50. The summed E-state index contributed by atoms with van der Waals surface area (Å²) < 4.78 is 5.51. The highest BCUT2D eigenvalue weighted by Gasteiger charge is 2.23. The maximum absolute atomic E-state index is 10.9. The second kappa shape index (κ2) is 3.86. The van der Waals surface area contributed by atoms with Gasteiger partial charge >= 0.3 is 0 Å². The van der Waals surface area contributed by atoms with Crippen LogP contribution in [0.3, 0.4) is 0 Å². The molecule has 0 unspecified atom stereocenters. The highest BCUT2D eigenvalue weighted by atomic mass is 35.5. The lowest BCUT2D eigenvalue weighted by Crippen LogP contribution is -2.19. The van der Waals surface area contributed by atoms with E-state index in [1.165, 1.54) is 0 Å². The Labute approximate surface area is 104 Å². The van der Waals surface area contributed by atoms with Gasteiger partial charge in [0.05, 0.1) is 0 Å². The van der Waals surface area contributed by atoms with Crippen molar-refractivity contribution in [3.05, 3.63) is 34.0 Å². The molecule has 2 aromatic rings. The van der Waals surface area contributed by atoms with E-state index in [1.807, 2.05) is 25.5 Å². The highest BCUT2D eigenvalue weighted by molar-refractivity contribution is 6.32. The summed E-state index contributed by atoms with van der Waals surface area (Å²) in [4.78, 5) is 13.1. The van der Waals surface area contributed by atoms with Crippen molar-refractivity contribution in [3.8, 4) is 0 Å². The summed E-state index contributed by atoms with van der Waals surface area (Å²) in [5.74, 6) is 0.303. The molecule has 3 rings (SSSR count). The van der Waals surface area contributed by atoms with Gasteiger partial charge in [-0.25, -0.2) is 0 Å². The van der Waals surface area contributed by atoms with Crippen LogP contribution in [0, 0.1) is 0 Å². The largest absolute Gasteiger partial charge is 0.452 e. The van der Waals surface area contributed by atoms with Crippen LogP contribution in [0.5, 0.6) is 0 Å². The van der Waals surface area contributed by atoms with Gasteiger partial charge in [0.25, 0.3) is 6.29 Å². The van der Waals surface area contributed by atoms with E-state index in [9.17, 15) is 4.79 Å². The number of furan rings is 1. The minimum absolute atomic E-state index is 0.303. The predicted octanol–water partition coefficient (Wildman–Crippen LogP) is 2.53. The summed E-state index contributed by atoms with van der Waals surface area (Å²) in [6.45, 7) is 1.62. The first-order chi connectivity index (χ1) is 8.20. The molecular formula is C13H11ClNO2. The van der Waals surface area contributed by atoms with Crippen LogP contribution in [0.2, 0.25) is 5.02 Å². The standard InChI is InChI=1S/C13H11ClNO2/c1-15-5-4-8-10(14)2-3-11-13(8)9(6-15)12(7-16)17-11/h2-3H,4-6H2,1H3. The van der Waals surface area contributed by atoms with Gasteiger partial charge in [-0.15, -0.1) is 0 Å². The highest BCUT2D eigenvalue weighted by Crippen LogP contribution is 2.35. The molecule has 1 radical (unpaired) electrons. The van der Waals surface area contributed by atoms with Crippen molar-refractivity contribution in [1.82, 2.24) is 4.90 Å². The zero-order valence-electron chi connectivity index (χ0n) is 9.42. The predicted molar refractivity (Wildman–Crippen MR) is 66.1 cm³/mol. The number of halogens is 1. The summed E-state index contributed by atoms with van der Waals surface area (Å²) in [6, 6.07) is 3.64. The fourth-order valence-electron chi connectivity index (χ4n) is 2.43. The van der Waals surface area contributed by atoms with Crippen LogP contribution in [0.1, 0.15) is 16.9 Å². The van der Waals surface area contributed by atoms with Gasteiger partial charge < -0.3 is 9.32 Å². The number of rotatable bonds is 1. The summed E-state index contributed by atoms with van der Waals surface area (Å²) >= 11 is 6.22. The third kappa shape index (κ3) is 1.58. The van der Waals surface area contributed by atoms with Crippen molar-refractivity contribution >= 4 is 28.9 Å². The molecule has 87 valence electrons. The van der Waals surface area contributed by atoms with Crippen LogP contribution >= 0.6 is 11.6 Å². The third-order valence-corrected chi connectivity index (χ3v) is 3.62. The molecule has 0 atom stereocenters. The molecule has 0 saturated carbocycles. The lowest BCUT2D eigenvalue weighted by molar-refractivity contribution is 0.334. The number of nitrogens with zero attached hydrogens (tertiary/aromatic N) is 1. The van der Waals surface area contributed by atoms with E-state index in [2.05, 4.69) is 4.90 Å². The smallest absolute Gasteiger partial charge is 0.272 e. The SMILES string of the molecule is CN1CCc2c(Cl)ccc3oc([C]=O)c(c23)C1. The van der Waals surface area contributed by atoms with Crippen LogP contribution in [-0.4, -0.2) is 24.8 Å². The van der Waals surface area contributed by atoms with Crippen molar-refractivity contribution in [1.29, 1.82) is 0 Å². The van der Waals surface area contributed by atoms with Gasteiger partial charge in [0.15, 0.2) is 5.76 Å². The minimum Gasteiger partial charge on any atom is -0.452 e. The average molecular weight is 249 g/mol. The molecule has 1 aliphatic heterocycles. The monoisotopic (exact) mass is 248 g/mol. The molecule has 0 amide bonds. The molecule has 1 aromatic carbocycles. The molecule has 1 aromatic heterocycles. The van der Waals surface area contributed by atoms with Gasteiger partial charge in [0.2, 0.25) is 0 Å². The van der Waals surface area contributed by atoms with Crippen molar-refractivity contribution < 1.29 is 9.21 Å². The molecule has 2 heterocycles. The molecule has 17 heavy (non-hydrogen) atoms. The second-order valence-electron chi connectivity index (χ2n) is 4.40. The van der Waals surface area contributed by atoms with Crippen LogP contribution in [0.4, 0.5) is 0 Å². The Morgan fingerprint density at radius 2 is 2.24 bits per heavy atom. The van der Waals surface area contributed by atoms with Gasteiger partial charge in [-0.3, -0.25) is 4.79 Å². The fraction of sp³-hybridized carbons (Fsp3) is 0.308. The number of carbonyl (C=O) groups excluding carboxylic acids is 1. The molecule has 0 saturated heterocycles. The molecule has 0 spiro atoms. The zero-order chi connectivity index (χ0) is 12.0. The number of benzene rings is 1. The van der Waals surface area contributed by atoms with Gasteiger partial charge in [-0.2, -0.15) is 0 Å². The molecule has 0 bridgehead atoms. The number of hydrogen-bond acceptors (Lipinski definition) is 3. The molecule has 0 aliphatic carbocycles. The lowest BCUT2D eigenvalue weighted by Gasteiger charge is -2.12. The van der Waals surface area contributed by atoms with E-state index in [0.29, 0.717) is 12.3 Å². The van der Waals surface area contributed by atoms with E-state index in [0.717, 1.165) is 40.1 Å². The van der Waals surface area contributed by atoms with Gasteiger partial charge in [0, 0.05) is 29.1 Å². The van der Waals surface area contributed by atoms with Crippen molar-refractivity contribution in [2.75, 3.05) is 13.6 Å². The summed E-state index contributed by atoms with van der Waals surface area (Å²) in [7, 11) is 2.02. The Balaban J connectivity index is 2.39. The quantitative estimate of drug-likeness (QED) is 0.778. The van der Waals surface area contributed by atoms with Gasteiger partial charge in [-0.05, 0) is 31.2 Å². The van der Waals surface area contributed by atoms with E-state index < -0.39 is 0 Å². The van der Waals surface area contributed by atoms with Crippen molar-refractivity contribution in [3.63, 3.8) is 0 Å². The molecule has 0 fully saturated rings. The normalized spacial score (nSPS) is 16.1. The summed E-state index contributed by atoms with van der Waals surface area (Å²) in [5, 5.41) is 1.74. The number of hydrogen-bond donors (Lipinski definition) is 0. The first kappa shape index (κ1) is 10.8. The molecule has 4 heteroatoms. The second-order valence-corrected chi connectivity index (χ2v) is 4.81. The Kier molecular flexibility index (Phi) is 2.45. The van der Waals surface area contributed by atoms with Crippen LogP contribution < -0.4 is 0 Å². The Morgan fingerprint density at radius 3 is 3.00 bits per heavy atom. The molecular weight excluding hydrogens is 238 g/mol. The molecule has 1 aliphatic rings. The van der Waals surface area contributed by atoms with Crippen molar-refractivity contribution in [2.45, 2.75) is 13.0 Å². The van der Waals surface area contributed by atoms with Crippen LogP contribution in [0.25, 0.3) is 11.0 Å². The maximum Gasteiger partial charge on any atom is 0.272 e. The third-order valence-electron chi connectivity index (χ3n) is 3.27. The molecule has 3 nitrogen and oxygen atoms in total. The van der Waals surface area contributed by atoms with E-state index in [-0.39, 0.29) is 0 Å². The zero-order valence-corrected chi connectivity index (χ0v) is 10.2. The average Bonchev–Trinajstić information content (AvgIpc) is 2.56. The van der Waals surface area contributed by atoms with Gasteiger partial charge in [-0.1, -0.05) is 11.6 Å². The summed E-state index contributed by atoms with van der Waals surface area (Å²) in [5.41, 5.74) is 2.72. The topological polar surface area (TPSA) is 33.5 Å². The minimum atomic E-state index is 0.303. The van der Waals surface area contributed by atoms with E-state index in [1.54, 1.807) is 0 Å². The fourth-order valence-corrected chi connectivity index (χ4v) is 2.68. The Bertz CT molecular complexity index is 603. The van der Waals surface area contributed by atoms with E-state index in [4.69, 9.17) is 16.0 Å². The molecule has 0 N–H and O–H groups in total. The Hall–Kier alpha value is -1.32. The lowest BCUT2D eigenvalue weighted by atomic mass is 10.0. The van der Waals surface area contributed by atoms with E-state index >= 15 is 0 Å². The van der Waals surface area contributed by atoms with Crippen molar-refractivity contribution in [2.24, 2.45) is 0 Å². The Morgan fingerprint density at radius 1 is 1.41 bits per heavy atom. The number of likely N-dealkylation sites (N-methyl/N-ethyl adjacent to an activating group) is 1. The first-order valence-corrected chi connectivity index (χ1v) is 5.88. The maximum atomic E-state index is 10.9. The summed E-state index contributed by atoms with van der Waals surface area (Å²) in [6.07, 6.45) is 2.75. The van der Waals surface area contributed by atoms with Crippen LogP contribution in [0.15, 0.2) is 16.5 Å². The van der Waals surface area contributed by atoms with Gasteiger partial charge in [0.1, 0.15) is 5.58 Å². The van der Waals surface area contributed by atoms with Crippen LogP contribution in [-0.2, 0) is 17.8 Å².